The molecule has 0 spiro atoms. The van der Waals surface area contributed by atoms with Crippen LogP contribution in [-0.2, 0) is 19.6 Å². The Bertz CT molecular complexity index is 633. The maximum atomic E-state index is 13.4. The molecule has 3 N–H and O–H groups in total. The molecule has 1 atom stereocenters. The number of nitrogens with zero attached hydrogens (tertiary/aromatic N) is 1. The van der Waals surface area contributed by atoms with E-state index in [0.717, 1.165) is 12.3 Å². The van der Waals surface area contributed by atoms with E-state index >= 15 is 0 Å². The number of carbonyl (C=O) groups is 2. The molecule has 0 saturated heterocycles. The third-order valence-corrected chi connectivity index (χ3v) is 3.86. The molecule has 8 nitrogen and oxygen atoms in total. The van der Waals surface area contributed by atoms with Crippen LogP contribution in [0.5, 0.6) is 0 Å². The lowest BCUT2D eigenvalue weighted by atomic mass is 10.1. The van der Waals surface area contributed by atoms with Gasteiger partial charge in [-0.3, -0.25) is 9.59 Å². The smallest absolute Gasteiger partial charge is 0.321 e. The van der Waals surface area contributed by atoms with E-state index in [0.29, 0.717) is 0 Å². The largest absolute Gasteiger partial charge is 0.481 e. The van der Waals surface area contributed by atoms with E-state index in [1.165, 1.54) is 6.07 Å². The van der Waals surface area contributed by atoms with E-state index in [-0.39, 0.29) is 19.3 Å². The number of carboxylic acids is 2. The fourth-order valence-electron chi connectivity index (χ4n) is 1.50. The van der Waals surface area contributed by atoms with E-state index in [9.17, 15) is 22.4 Å². The van der Waals surface area contributed by atoms with Crippen LogP contribution >= 0.6 is 0 Å². The number of halogens is 1. The van der Waals surface area contributed by atoms with Gasteiger partial charge in [-0.05, 0) is 25.0 Å². The van der Waals surface area contributed by atoms with Crippen molar-refractivity contribution in [2.45, 2.75) is 30.3 Å². The predicted molar refractivity (Wildman–Crippen MR) is 67.4 cm³/mol. The highest BCUT2D eigenvalue weighted by Crippen LogP contribution is 2.12. The highest BCUT2D eigenvalue weighted by atomic mass is 32.2. The molecule has 1 heterocycles. The topological polar surface area (TPSA) is 134 Å². The summed E-state index contributed by atoms with van der Waals surface area (Å²) in [5.74, 6) is -3.72. The number of rotatable bonds is 8. The lowest BCUT2D eigenvalue weighted by Crippen LogP contribution is -2.41. The van der Waals surface area contributed by atoms with Crippen molar-refractivity contribution in [1.82, 2.24) is 9.71 Å². The van der Waals surface area contributed by atoms with Crippen molar-refractivity contribution in [1.29, 1.82) is 0 Å². The Hall–Kier alpha value is -2.07. The Morgan fingerprint density at radius 1 is 1.38 bits per heavy atom. The van der Waals surface area contributed by atoms with E-state index in [1.807, 2.05) is 0 Å². The van der Waals surface area contributed by atoms with Gasteiger partial charge in [0, 0.05) is 12.6 Å². The van der Waals surface area contributed by atoms with Crippen LogP contribution in [0.25, 0.3) is 0 Å². The monoisotopic (exact) mass is 320 g/mol. The van der Waals surface area contributed by atoms with Gasteiger partial charge in [-0.25, -0.2) is 17.8 Å². The van der Waals surface area contributed by atoms with Crippen LogP contribution in [0, 0.1) is 5.82 Å². The number of aromatic nitrogens is 1. The maximum Gasteiger partial charge on any atom is 0.321 e. The number of nitrogens with one attached hydrogen (secondary N) is 1. The first-order chi connectivity index (χ1) is 9.74. The average molecular weight is 320 g/mol. The predicted octanol–water partition coefficient (Wildman–Crippen LogP) is 0.207. The summed E-state index contributed by atoms with van der Waals surface area (Å²) in [6.45, 7) is 0. The van der Waals surface area contributed by atoms with Crippen LogP contribution < -0.4 is 4.72 Å². The van der Waals surface area contributed by atoms with Crippen LogP contribution in [0.1, 0.15) is 19.3 Å². The third-order valence-electron chi connectivity index (χ3n) is 2.46. The number of carboxylic acid groups (broad SMARTS) is 2. The molecule has 0 aliphatic heterocycles. The van der Waals surface area contributed by atoms with Crippen LogP contribution in [0.2, 0.25) is 0 Å². The highest BCUT2D eigenvalue weighted by molar-refractivity contribution is 7.89. The fourth-order valence-corrected chi connectivity index (χ4v) is 2.73. The van der Waals surface area contributed by atoms with Gasteiger partial charge >= 0.3 is 11.9 Å². The van der Waals surface area contributed by atoms with Gasteiger partial charge in [0.05, 0.1) is 0 Å². The Morgan fingerprint density at radius 3 is 2.57 bits per heavy atom. The van der Waals surface area contributed by atoms with Crippen molar-refractivity contribution in [2.24, 2.45) is 0 Å². The number of aliphatic carboxylic acids is 2. The molecular weight excluding hydrogens is 307 g/mol. The quantitative estimate of drug-likeness (QED) is 0.623. The number of hydrogen-bond donors (Lipinski definition) is 3. The second-order valence-electron chi connectivity index (χ2n) is 4.09. The molecule has 1 rings (SSSR count). The third kappa shape index (κ3) is 5.08. The number of sulfonamides is 1. The Morgan fingerprint density at radius 2 is 2.05 bits per heavy atom. The molecule has 0 aliphatic carbocycles. The van der Waals surface area contributed by atoms with Gasteiger partial charge in [0.1, 0.15) is 6.04 Å². The van der Waals surface area contributed by atoms with E-state index < -0.39 is 38.8 Å². The lowest BCUT2D eigenvalue weighted by molar-refractivity contribution is -0.140. The number of pyridine rings is 1. The maximum absolute atomic E-state index is 13.4. The highest BCUT2D eigenvalue weighted by Gasteiger charge is 2.28. The molecule has 0 radical (unpaired) electrons. The van der Waals surface area contributed by atoms with Gasteiger partial charge in [0.15, 0.2) is 5.82 Å². The first kappa shape index (κ1) is 17.0. The van der Waals surface area contributed by atoms with E-state index in [1.54, 1.807) is 4.72 Å². The van der Waals surface area contributed by atoms with Gasteiger partial charge in [0.25, 0.3) is 10.0 Å². The molecule has 0 amide bonds. The molecule has 10 heteroatoms. The Balaban J connectivity index is 2.85. The van der Waals surface area contributed by atoms with Gasteiger partial charge in [0.2, 0.25) is 5.03 Å². The van der Waals surface area contributed by atoms with Gasteiger partial charge in [-0.2, -0.15) is 4.72 Å². The van der Waals surface area contributed by atoms with Crippen molar-refractivity contribution in [2.75, 3.05) is 0 Å². The summed E-state index contributed by atoms with van der Waals surface area (Å²) in [5.41, 5.74) is 0. The fraction of sp³-hybridized carbons (Fsp3) is 0.364. The summed E-state index contributed by atoms with van der Waals surface area (Å²) in [6, 6.07) is 0.508. The molecular formula is C11H13FN2O6S. The van der Waals surface area contributed by atoms with Crippen LogP contribution in [0.4, 0.5) is 4.39 Å². The number of hydrogen-bond acceptors (Lipinski definition) is 5. The Kier molecular flexibility index (Phi) is 5.73. The molecule has 1 aromatic heterocycles. The van der Waals surface area contributed by atoms with Crippen LogP contribution in [-0.4, -0.2) is 41.6 Å². The minimum Gasteiger partial charge on any atom is -0.481 e. The van der Waals surface area contributed by atoms with Crippen molar-refractivity contribution in [3.8, 4) is 0 Å². The van der Waals surface area contributed by atoms with Crippen LogP contribution in [0.15, 0.2) is 23.4 Å². The normalized spacial score (nSPS) is 12.8. The molecule has 0 fully saturated rings. The molecule has 1 aromatic rings. The molecule has 0 saturated carbocycles. The standard InChI is InChI=1S/C11H13FN2O6S/c12-7-3-2-6-13-10(7)21(19,20)14-8(11(17)18)4-1-5-9(15)16/h2-3,6,8,14H,1,4-5H2,(H,15,16)(H,17,18)/t8-/m1/s1. The lowest BCUT2D eigenvalue weighted by Gasteiger charge is -2.14. The summed E-state index contributed by atoms with van der Waals surface area (Å²) >= 11 is 0. The van der Waals surface area contributed by atoms with Crippen molar-refractivity contribution in [3.63, 3.8) is 0 Å². The summed E-state index contributed by atoms with van der Waals surface area (Å²) in [4.78, 5) is 24.7. The average Bonchev–Trinajstić information content (AvgIpc) is 2.37. The first-order valence-electron chi connectivity index (χ1n) is 5.81. The van der Waals surface area contributed by atoms with E-state index in [2.05, 4.69) is 4.98 Å². The molecule has 116 valence electrons. The molecule has 21 heavy (non-hydrogen) atoms. The van der Waals surface area contributed by atoms with Crippen molar-refractivity contribution in [3.05, 3.63) is 24.1 Å². The first-order valence-corrected chi connectivity index (χ1v) is 7.30. The summed E-state index contributed by atoms with van der Waals surface area (Å²) in [7, 11) is -4.45. The molecule has 0 unspecified atom stereocenters. The van der Waals surface area contributed by atoms with Gasteiger partial charge in [-0.15, -0.1) is 0 Å². The minimum atomic E-state index is -4.45. The summed E-state index contributed by atoms with van der Waals surface area (Å²) in [6.07, 6.45) is 0.468. The zero-order chi connectivity index (χ0) is 16.0. The summed E-state index contributed by atoms with van der Waals surface area (Å²) < 4.78 is 38.9. The van der Waals surface area contributed by atoms with E-state index in [4.69, 9.17) is 10.2 Å². The minimum absolute atomic E-state index is 0.0421. The van der Waals surface area contributed by atoms with Gasteiger partial charge < -0.3 is 10.2 Å². The van der Waals surface area contributed by atoms with Gasteiger partial charge in [-0.1, -0.05) is 0 Å². The molecule has 0 bridgehead atoms. The SMILES string of the molecule is O=C(O)CCC[C@@H](NS(=O)(=O)c1ncccc1F)C(=O)O. The Labute approximate surface area is 119 Å². The second kappa shape index (κ2) is 7.09. The van der Waals surface area contributed by atoms with Crippen LogP contribution in [0.3, 0.4) is 0 Å². The molecule has 0 aromatic carbocycles. The zero-order valence-electron chi connectivity index (χ0n) is 10.7. The molecule has 0 aliphatic rings. The summed E-state index contributed by atoms with van der Waals surface area (Å²) in [5, 5.41) is 16.5. The zero-order valence-corrected chi connectivity index (χ0v) is 11.5. The second-order valence-corrected chi connectivity index (χ2v) is 5.72. The van der Waals surface area contributed by atoms with Crippen molar-refractivity contribution >= 4 is 22.0 Å². The van der Waals surface area contributed by atoms with Crippen molar-refractivity contribution < 1.29 is 32.6 Å².